The molecule has 1 aliphatic carbocycles. The summed E-state index contributed by atoms with van der Waals surface area (Å²) in [7, 11) is 0. The van der Waals surface area contributed by atoms with Crippen molar-refractivity contribution < 1.29 is 13.5 Å². The number of ether oxygens (including phenoxy) is 1. The number of piperidine rings is 1. The van der Waals surface area contributed by atoms with Crippen molar-refractivity contribution in [3.8, 4) is 5.88 Å². The molecule has 154 valence electrons. The molecule has 2 fully saturated rings. The summed E-state index contributed by atoms with van der Waals surface area (Å²) in [5, 5.41) is 9.16. The van der Waals surface area contributed by atoms with E-state index in [-0.39, 0.29) is 11.9 Å². The molecule has 1 saturated heterocycles. The van der Waals surface area contributed by atoms with Gasteiger partial charge in [0, 0.05) is 31.5 Å². The Hall–Kier alpha value is -2.56. The van der Waals surface area contributed by atoms with Crippen LogP contribution in [0.5, 0.6) is 5.88 Å². The topological polar surface area (TPSA) is 80.5 Å². The second-order valence-electron chi connectivity index (χ2n) is 7.62. The van der Waals surface area contributed by atoms with Crippen molar-refractivity contribution in [3.63, 3.8) is 0 Å². The van der Waals surface area contributed by atoms with E-state index < -0.39 is 13.0 Å². The molecule has 0 amide bonds. The van der Waals surface area contributed by atoms with Crippen molar-refractivity contribution in [1.29, 1.82) is 0 Å². The third-order valence-corrected chi connectivity index (χ3v) is 6.57. The van der Waals surface area contributed by atoms with Gasteiger partial charge < -0.3 is 15.0 Å². The van der Waals surface area contributed by atoms with E-state index in [1.165, 1.54) is 15.7 Å². The Morgan fingerprint density at radius 2 is 2.10 bits per heavy atom. The summed E-state index contributed by atoms with van der Waals surface area (Å²) in [5.41, 5.74) is 1.39. The molecule has 2 atom stereocenters. The molecule has 11 heteroatoms. The molecule has 29 heavy (non-hydrogen) atoms. The first-order valence-electron chi connectivity index (χ1n) is 9.64. The van der Waals surface area contributed by atoms with Crippen molar-refractivity contribution >= 4 is 28.1 Å². The minimum absolute atomic E-state index is 0.0618. The van der Waals surface area contributed by atoms with Gasteiger partial charge in [0.15, 0.2) is 6.61 Å². The molecule has 2 bridgehead atoms. The van der Waals surface area contributed by atoms with Crippen molar-refractivity contribution in [1.82, 2.24) is 24.0 Å². The lowest BCUT2D eigenvalue weighted by atomic mass is 9.92. The molecule has 3 aromatic heterocycles. The summed E-state index contributed by atoms with van der Waals surface area (Å²) >= 11 is 1.56. The van der Waals surface area contributed by atoms with E-state index in [4.69, 9.17) is 4.74 Å². The Balaban J connectivity index is 1.32. The summed E-state index contributed by atoms with van der Waals surface area (Å²) < 4.78 is 35.9. The number of halogens is 2. The highest BCUT2D eigenvalue weighted by Gasteiger charge is 2.43. The molecular formula is C18H21F2N7OS. The van der Waals surface area contributed by atoms with Crippen molar-refractivity contribution in [3.05, 3.63) is 24.2 Å². The predicted octanol–water partition coefficient (Wildman–Crippen LogP) is 2.86. The van der Waals surface area contributed by atoms with E-state index in [0.29, 0.717) is 23.4 Å². The van der Waals surface area contributed by atoms with Gasteiger partial charge in [-0.05, 0) is 49.2 Å². The summed E-state index contributed by atoms with van der Waals surface area (Å²) in [6.45, 7) is 3.26. The van der Waals surface area contributed by atoms with E-state index in [1.54, 1.807) is 17.7 Å². The van der Waals surface area contributed by atoms with Crippen LogP contribution in [0, 0.1) is 18.8 Å². The molecule has 0 radical (unpaired) electrons. The number of anilines is 2. The van der Waals surface area contributed by atoms with Gasteiger partial charge in [0.2, 0.25) is 11.6 Å². The van der Waals surface area contributed by atoms with E-state index in [0.717, 1.165) is 31.6 Å². The summed E-state index contributed by atoms with van der Waals surface area (Å²) in [6, 6.07) is 2.44. The van der Waals surface area contributed by atoms with Crippen LogP contribution in [0.3, 0.4) is 0 Å². The lowest BCUT2D eigenvalue weighted by Gasteiger charge is -2.38. The Kier molecular flexibility index (Phi) is 4.69. The van der Waals surface area contributed by atoms with Crippen molar-refractivity contribution in [2.45, 2.75) is 32.2 Å². The molecule has 1 aliphatic heterocycles. The van der Waals surface area contributed by atoms with E-state index in [2.05, 4.69) is 35.7 Å². The number of rotatable bonds is 6. The smallest absolute Gasteiger partial charge is 0.272 e. The highest BCUT2D eigenvalue weighted by molar-refractivity contribution is 7.10. The first-order valence-corrected chi connectivity index (χ1v) is 10.4. The summed E-state index contributed by atoms with van der Waals surface area (Å²) in [6.07, 6.45) is 2.85. The SMILES string of the molecule is Cc1cc(N2CC3CCC(C2)C3Nc2nc3c(OCC(F)F)nccn3n2)sn1. The number of hydrogen-bond acceptors (Lipinski definition) is 8. The maximum absolute atomic E-state index is 12.5. The minimum Gasteiger partial charge on any atom is -0.469 e. The quantitative estimate of drug-likeness (QED) is 0.656. The maximum atomic E-state index is 12.5. The number of hydrogen-bond donors (Lipinski definition) is 1. The molecule has 2 aliphatic rings. The van der Waals surface area contributed by atoms with Gasteiger partial charge in [0.1, 0.15) is 5.00 Å². The van der Waals surface area contributed by atoms with Crippen LogP contribution in [-0.2, 0) is 0 Å². The first-order chi connectivity index (χ1) is 14.1. The van der Waals surface area contributed by atoms with Crippen LogP contribution in [0.2, 0.25) is 0 Å². The number of fused-ring (bicyclic) bond motifs is 3. The zero-order valence-corrected chi connectivity index (χ0v) is 16.6. The Morgan fingerprint density at radius 1 is 1.31 bits per heavy atom. The second-order valence-corrected chi connectivity index (χ2v) is 8.40. The fraction of sp³-hybridized carbons (Fsp3) is 0.556. The van der Waals surface area contributed by atoms with Crippen LogP contribution in [0.15, 0.2) is 18.5 Å². The Morgan fingerprint density at radius 3 is 2.79 bits per heavy atom. The van der Waals surface area contributed by atoms with Gasteiger partial charge in [-0.2, -0.15) is 9.36 Å². The predicted molar refractivity (Wildman–Crippen MR) is 105 cm³/mol. The van der Waals surface area contributed by atoms with Crippen LogP contribution in [0.1, 0.15) is 18.5 Å². The lowest BCUT2D eigenvalue weighted by molar-refractivity contribution is 0.0801. The van der Waals surface area contributed by atoms with Crippen LogP contribution in [0.4, 0.5) is 19.7 Å². The Labute approximate surface area is 170 Å². The van der Waals surface area contributed by atoms with Crippen molar-refractivity contribution in [2.24, 2.45) is 11.8 Å². The largest absolute Gasteiger partial charge is 0.469 e. The molecule has 2 unspecified atom stereocenters. The standard InChI is InChI=1S/C18H21F2N7OS/c1-10-6-14(29-25-10)26-7-11-2-3-12(8-26)15(11)22-18-23-16-17(28-9-13(19)20)21-4-5-27(16)24-18/h4-6,11-13,15H,2-3,7-9H2,1H3,(H,22,24). The first kappa shape index (κ1) is 18.5. The fourth-order valence-electron chi connectivity index (χ4n) is 4.39. The highest BCUT2D eigenvalue weighted by atomic mass is 32.1. The van der Waals surface area contributed by atoms with Crippen LogP contribution in [-0.4, -0.2) is 56.1 Å². The second kappa shape index (κ2) is 7.36. The zero-order chi connectivity index (χ0) is 20.0. The molecule has 1 saturated carbocycles. The molecule has 5 rings (SSSR count). The third-order valence-electron chi connectivity index (χ3n) is 5.62. The molecule has 0 spiro atoms. The van der Waals surface area contributed by atoms with Crippen LogP contribution >= 0.6 is 11.5 Å². The molecule has 8 nitrogen and oxygen atoms in total. The fourth-order valence-corrected chi connectivity index (χ4v) is 5.16. The van der Waals surface area contributed by atoms with Gasteiger partial charge in [-0.15, -0.1) is 5.10 Å². The van der Waals surface area contributed by atoms with Gasteiger partial charge in [0.25, 0.3) is 12.3 Å². The average molecular weight is 421 g/mol. The maximum Gasteiger partial charge on any atom is 0.272 e. The van der Waals surface area contributed by atoms with Gasteiger partial charge in [0.05, 0.1) is 5.69 Å². The summed E-state index contributed by atoms with van der Waals surface area (Å²) in [4.78, 5) is 10.9. The van der Waals surface area contributed by atoms with Crippen LogP contribution < -0.4 is 15.0 Å². The average Bonchev–Trinajstić information content (AvgIpc) is 3.36. The van der Waals surface area contributed by atoms with Gasteiger partial charge in [-0.3, -0.25) is 0 Å². The molecule has 4 heterocycles. The molecule has 1 N–H and O–H groups in total. The highest BCUT2D eigenvalue weighted by Crippen LogP contribution is 2.40. The molecule has 0 aromatic carbocycles. The van der Waals surface area contributed by atoms with Gasteiger partial charge in [-0.25, -0.2) is 18.3 Å². The van der Waals surface area contributed by atoms with Crippen molar-refractivity contribution in [2.75, 3.05) is 29.9 Å². The number of nitrogens with zero attached hydrogens (tertiary/aromatic N) is 6. The van der Waals surface area contributed by atoms with E-state index in [9.17, 15) is 8.78 Å². The number of aryl methyl sites for hydroxylation is 1. The third kappa shape index (κ3) is 3.59. The number of aromatic nitrogens is 5. The minimum atomic E-state index is -2.57. The number of nitrogens with one attached hydrogen (secondary N) is 1. The molecule has 3 aromatic rings. The Bertz CT molecular complexity index is 995. The number of alkyl halides is 2. The molecular weight excluding hydrogens is 400 g/mol. The monoisotopic (exact) mass is 421 g/mol. The van der Waals surface area contributed by atoms with Gasteiger partial charge >= 0.3 is 0 Å². The zero-order valence-electron chi connectivity index (χ0n) is 15.8. The lowest BCUT2D eigenvalue weighted by Crippen LogP contribution is -2.48. The normalized spacial score (nSPS) is 23.9. The van der Waals surface area contributed by atoms with E-state index >= 15 is 0 Å². The van der Waals surface area contributed by atoms with Crippen LogP contribution in [0.25, 0.3) is 5.65 Å². The summed E-state index contributed by atoms with van der Waals surface area (Å²) in [5.74, 6) is 1.53. The van der Waals surface area contributed by atoms with Gasteiger partial charge in [-0.1, -0.05) is 0 Å². The van der Waals surface area contributed by atoms with E-state index in [1.807, 2.05) is 6.92 Å².